The van der Waals surface area contributed by atoms with Crippen LogP contribution in [0.3, 0.4) is 0 Å². The Morgan fingerprint density at radius 2 is 2.00 bits per heavy atom. The van der Waals surface area contributed by atoms with E-state index in [1.807, 2.05) is 6.07 Å². The van der Waals surface area contributed by atoms with E-state index in [1.165, 1.54) is 16.7 Å². The zero-order chi connectivity index (χ0) is 10.6. The van der Waals surface area contributed by atoms with Gasteiger partial charge in [0, 0.05) is 12.4 Å². The second-order valence-corrected chi connectivity index (χ2v) is 3.58. The average Bonchev–Trinajstić information content (AvgIpc) is 2.20. The molecule has 0 radical (unpaired) electrons. The first kappa shape index (κ1) is 11.4. The summed E-state index contributed by atoms with van der Waals surface area (Å²) in [7, 11) is 1.70. The molecule has 0 saturated heterocycles. The lowest BCUT2D eigenvalue weighted by Gasteiger charge is -2.12. The molecule has 0 fully saturated rings. The van der Waals surface area contributed by atoms with E-state index in [2.05, 4.69) is 37.9 Å². The Labute approximate surface area is 91.1 Å². The maximum Gasteiger partial charge on any atom is 0.122 e. The molecule has 1 aromatic carbocycles. The molecule has 1 aromatic rings. The van der Waals surface area contributed by atoms with Crippen LogP contribution in [0.4, 0.5) is 0 Å². The Morgan fingerprint density at radius 1 is 1.29 bits per heavy atom. The van der Waals surface area contributed by atoms with Gasteiger partial charge >= 0.3 is 0 Å². The Morgan fingerprint density at radius 3 is 2.57 bits per heavy atom. The van der Waals surface area contributed by atoms with E-state index in [1.54, 1.807) is 7.11 Å². The number of methoxy groups -OCH3 is 1. The summed E-state index contributed by atoms with van der Waals surface area (Å²) in [5.41, 5.74) is 3.81. The Bertz CT molecular complexity index is 312. The minimum absolute atomic E-state index is 0.699. The minimum Gasteiger partial charge on any atom is -0.496 e. The van der Waals surface area contributed by atoms with Crippen molar-refractivity contribution in [2.75, 3.05) is 13.0 Å². The smallest absolute Gasteiger partial charge is 0.122 e. The van der Waals surface area contributed by atoms with Gasteiger partial charge < -0.3 is 10.1 Å². The molecule has 3 heteroatoms. The summed E-state index contributed by atoms with van der Waals surface area (Å²) in [6.45, 7) is 5.06. The number of nitrogens with one attached hydrogen (secondary N) is 1. The number of benzene rings is 1. The van der Waals surface area contributed by atoms with Crippen molar-refractivity contribution in [1.82, 2.24) is 5.32 Å². The van der Waals surface area contributed by atoms with Gasteiger partial charge in [0.05, 0.1) is 7.11 Å². The molecule has 78 valence electrons. The molecule has 1 rings (SSSR count). The van der Waals surface area contributed by atoms with Crippen LogP contribution in [-0.4, -0.2) is 13.0 Å². The molecule has 0 heterocycles. The van der Waals surface area contributed by atoms with Crippen LogP contribution in [0.1, 0.15) is 16.7 Å². The molecule has 0 atom stereocenters. The van der Waals surface area contributed by atoms with Crippen molar-refractivity contribution in [3.8, 4) is 5.75 Å². The molecule has 0 spiro atoms. The molecule has 14 heavy (non-hydrogen) atoms. The first-order chi connectivity index (χ1) is 6.70. The number of hydrogen-bond donors (Lipinski definition) is 2. The average molecular weight is 211 g/mol. The monoisotopic (exact) mass is 211 g/mol. The Kier molecular flexibility index (Phi) is 4.29. The normalized spacial score (nSPS) is 10.3. The number of thiol groups is 1. The topological polar surface area (TPSA) is 21.3 Å². The van der Waals surface area contributed by atoms with E-state index >= 15 is 0 Å². The van der Waals surface area contributed by atoms with Crippen LogP contribution < -0.4 is 10.1 Å². The second kappa shape index (κ2) is 5.27. The Hall–Kier alpha value is -0.670. The fourth-order valence-corrected chi connectivity index (χ4v) is 1.57. The van der Waals surface area contributed by atoms with Gasteiger partial charge in [-0.05, 0) is 36.6 Å². The van der Waals surface area contributed by atoms with E-state index in [-0.39, 0.29) is 0 Å². The maximum absolute atomic E-state index is 5.25. The predicted octanol–water partition coefficient (Wildman–Crippen LogP) is 2.29. The van der Waals surface area contributed by atoms with E-state index < -0.39 is 0 Å². The lowest BCUT2D eigenvalue weighted by atomic mass is 10.0. The van der Waals surface area contributed by atoms with Crippen LogP contribution in [0.15, 0.2) is 12.1 Å². The molecule has 0 saturated carbocycles. The van der Waals surface area contributed by atoms with Crippen molar-refractivity contribution in [2.45, 2.75) is 20.4 Å². The number of hydrogen-bond acceptors (Lipinski definition) is 3. The SMILES string of the molecule is COc1ccc(CNCS)c(C)c1C. The van der Waals surface area contributed by atoms with Gasteiger partial charge in [-0.1, -0.05) is 6.07 Å². The molecule has 0 aromatic heterocycles. The van der Waals surface area contributed by atoms with Crippen molar-refractivity contribution in [3.63, 3.8) is 0 Å². The summed E-state index contributed by atoms with van der Waals surface area (Å²) >= 11 is 4.11. The van der Waals surface area contributed by atoms with Gasteiger partial charge in [-0.25, -0.2) is 0 Å². The summed E-state index contributed by atoms with van der Waals surface area (Å²) in [6.07, 6.45) is 0. The lowest BCUT2D eigenvalue weighted by Crippen LogP contribution is -2.11. The minimum atomic E-state index is 0.699. The van der Waals surface area contributed by atoms with Gasteiger partial charge in [0.1, 0.15) is 5.75 Å². The zero-order valence-electron chi connectivity index (χ0n) is 8.92. The van der Waals surface area contributed by atoms with Gasteiger partial charge in [0.15, 0.2) is 0 Å². The van der Waals surface area contributed by atoms with Gasteiger partial charge in [-0.2, -0.15) is 12.6 Å². The maximum atomic E-state index is 5.25. The first-order valence-electron chi connectivity index (χ1n) is 4.65. The number of ether oxygens (including phenoxy) is 1. The summed E-state index contributed by atoms with van der Waals surface area (Å²) in [6, 6.07) is 4.11. The van der Waals surface area contributed by atoms with Gasteiger partial charge in [0.25, 0.3) is 0 Å². The third-order valence-corrected chi connectivity index (χ3v) is 2.72. The summed E-state index contributed by atoms with van der Waals surface area (Å²) in [4.78, 5) is 0. The standard InChI is InChI=1S/C11H17NOS/c1-8-9(2)11(13-3)5-4-10(8)6-12-7-14/h4-5,12,14H,6-7H2,1-3H3. The fourth-order valence-electron chi connectivity index (χ4n) is 1.46. The van der Waals surface area contributed by atoms with Crippen molar-refractivity contribution in [2.24, 2.45) is 0 Å². The highest BCUT2D eigenvalue weighted by Gasteiger charge is 2.05. The molecule has 0 aliphatic carbocycles. The van der Waals surface area contributed by atoms with Gasteiger partial charge in [0.2, 0.25) is 0 Å². The molecular formula is C11H17NOS. The second-order valence-electron chi connectivity index (χ2n) is 3.26. The highest BCUT2D eigenvalue weighted by Crippen LogP contribution is 2.23. The van der Waals surface area contributed by atoms with E-state index in [0.717, 1.165) is 12.3 Å². The molecule has 0 amide bonds. The van der Waals surface area contributed by atoms with E-state index in [0.29, 0.717) is 5.88 Å². The highest BCUT2D eigenvalue weighted by atomic mass is 32.1. The van der Waals surface area contributed by atoms with Gasteiger partial charge in [-0.3, -0.25) is 0 Å². The third kappa shape index (κ3) is 2.42. The van der Waals surface area contributed by atoms with Crippen molar-refractivity contribution in [1.29, 1.82) is 0 Å². The molecular weight excluding hydrogens is 194 g/mol. The predicted molar refractivity (Wildman–Crippen MR) is 63.2 cm³/mol. The third-order valence-electron chi connectivity index (χ3n) is 2.50. The zero-order valence-corrected chi connectivity index (χ0v) is 9.82. The fraction of sp³-hybridized carbons (Fsp3) is 0.455. The summed E-state index contributed by atoms with van der Waals surface area (Å²) < 4.78 is 5.25. The molecule has 0 unspecified atom stereocenters. The molecule has 0 bridgehead atoms. The summed E-state index contributed by atoms with van der Waals surface area (Å²) in [5, 5.41) is 3.19. The number of rotatable bonds is 4. The summed E-state index contributed by atoms with van der Waals surface area (Å²) in [5.74, 6) is 1.65. The van der Waals surface area contributed by atoms with Gasteiger partial charge in [-0.15, -0.1) is 0 Å². The van der Waals surface area contributed by atoms with Crippen LogP contribution >= 0.6 is 12.6 Å². The Balaban J connectivity index is 2.92. The molecule has 2 nitrogen and oxygen atoms in total. The van der Waals surface area contributed by atoms with E-state index in [9.17, 15) is 0 Å². The molecule has 0 aliphatic heterocycles. The highest BCUT2D eigenvalue weighted by molar-refractivity contribution is 7.80. The largest absolute Gasteiger partial charge is 0.496 e. The molecule has 1 N–H and O–H groups in total. The lowest BCUT2D eigenvalue weighted by molar-refractivity contribution is 0.411. The van der Waals surface area contributed by atoms with Crippen molar-refractivity contribution < 1.29 is 4.74 Å². The van der Waals surface area contributed by atoms with Crippen molar-refractivity contribution >= 4 is 12.6 Å². The van der Waals surface area contributed by atoms with Crippen LogP contribution in [0.2, 0.25) is 0 Å². The molecule has 0 aliphatic rings. The van der Waals surface area contributed by atoms with Crippen LogP contribution in [0, 0.1) is 13.8 Å². The van der Waals surface area contributed by atoms with Crippen molar-refractivity contribution in [3.05, 3.63) is 28.8 Å². The van der Waals surface area contributed by atoms with Crippen LogP contribution in [0.25, 0.3) is 0 Å². The first-order valence-corrected chi connectivity index (χ1v) is 5.28. The quantitative estimate of drug-likeness (QED) is 0.589. The van der Waals surface area contributed by atoms with Crippen LogP contribution in [0.5, 0.6) is 5.75 Å². The van der Waals surface area contributed by atoms with Crippen LogP contribution in [-0.2, 0) is 6.54 Å². The van der Waals surface area contributed by atoms with E-state index in [4.69, 9.17) is 4.74 Å².